The monoisotopic (exact) mass is 438 g/mol. The second-order valence-corrected chi connectivity index (χ2v) is 7.62. The Hall–Kier alpha value is -3.81. The molecule has 32 heavy (non-hydrogen) atoms. The normalized spacial score (nSPS) is 12.5. The van der Waals surface area contributed by atoms with Crippen molar-refractivity contribution in [2.45, 2.75) is 33.0 Å². The van der Waals surface area contributed by atoms with E-state index in [0.29, 0.717) is 13.1 Å². The molecule has 2 aromatic carbocycles. The van der Waals surface area contributed by atoms with Crippen LogP contribution in [-0.2, 0) is 35.7 Å². The van der Waals surface area contributed by atoms with Crippen molar-refractivity contribution in [2.75, 3.05) is 0 Å². The summed E-state index contributed by atoms with van der Waals surface area (Å²) in [6.07, 6.45) is -0.607. The fraction of sp³-hybridized carbons (Fsp3) is 0.208. The number of carbonyl (C=O) groups is 2. The summed E-state index contributed by atoms with van der Waals surface area (Å²) in [4.78, 5) is 28.4. The molecule has 0 fully saturated rings. The van der Waals surface area contributed by atoms with E-state index < -0.39 is 24.0 Å². The van der Waals surface area contributed by atoms with Gasteiger partial charge in [0.05, 0.1) is 12.1 Å². The van der Waals surface area contributed by atoms with Gasteiger partial charge in [0, 0.05) is 37.2 Å². The maximum atomic E-state index is 14.5. The van der Waals surface area contributed by atoms with Gasteiger partial charge in [0.2, 0.25) is 11.8 Å². The van der Waals surface area contributed by atoms with E-state index in [1.54, 1.807) is 24.0 Å². The third-order valence-corrected chi connectivity index (χ3v) is 5.30. The largest absolute Gasteiger partial charge is 0.481 e. The van der Waals surface area contributed by atoms with E-state index in [9.17, 15) is 18.4 Å². The van der Waals surface area contributed by atoms with Gasteiger partial charge in [-0.2, -0.15) is 0 Å². The lowest BCUT2D eigenvalue weighted by Crippen LogP contribution is -2.21. The molecule has 0 spiro atoms. The second kappa shape index (κ2) is 8.74. The summed E-state index contributed by atoms with van der Waals surface area (Å²) in [5, 5.41) is 8.81. The van der Waals surface area contributed by atoms with Crippen molar-refractivity contribution in [3.63, 3.8) is 0 Å². The zero-order chi connectivity index (χ0) is 22.8. The molecule has 1 N–H and O–H groups in total. The number of halogens is 2. The lowest BCUT2D eigenvalue weighted by Gasteiger charge is -2.11. The first-order valence-corrected chi connectivity index (χ1v) is 9.96. The quantitative estimate of drug-likeness (QED) is 0.627. The number of pyridine rings is 1. The molecule has 0 radical (unpaired) electrons. The van der Waals surface area contributed by atoms with Crippen LogP contribution in [-0.4, -0.2) is 26.9 Å². The van der Waals surface area contributed by atoms with Crippen LogP contribution in [0.25, 0.3) is 11.3 Å². The van der Waals surface area contributed by atoms with Gasteiger partial charge in [-0.25, -0.2) is 13.8 Å². The van der Waals surface area contributed by atoms with Crippen molar-refractivity contribution < 1.29 is 28.2 Å². The Bertz CT molecular complexity index is 1210. The van der Waals surface area contributed by atoms with Crippen molar-refractivity contribution in [3.8, 4) is 17.1 Å². The zero-order valence-corrected chi connectivity index (χ0v) is 17.3. The van der Waals surface area contributed by atoms with Gasteiger partial charge < -0.3 is 14.7 Å². The van der Waals surface area contributed by atoms with E-state index in [0.717, 1.165) is 28.8 Å². The standard InChI is InChI=1S/C24H20F2N2O4/c1-14(29)28-11-16-6-5-15(7-18(16)12-28)13-32-23-4-2-3-22(27-23)19-10-20(25)17(8-21(19)26)9-24(30)31/h2-8,10H,9,11-13H2,1H3,(H,30,31). The molecule has 2 heterocycles. The highest BCUT2D eigenvalue weighted by Crippen LogP contribution is 2.27. The van der Waals surface area contributed by atoms with Gasteiger partial charge in [0.25, 0.3) is 0 Å². The number of amides is 1. The minimum atomic E-state index is -1.25. The molecule has 0 atom stereocenters. The van der Waals surface area contributed by atoms with Crippen LogP contribution in [0.3, 0.4) is 0 Å². The minimum Gasteiger partial charge on any atom is -0.481 e. The summed E-state index contributed by atoms with van der Waals surface area (Å²) in [6, 6.07) is 12.4. The Labute approximate surface area is 183 Å². The average molecular weight is 438 g/mol. The third kappa shape index (κ3) is 4.59. The number of aromatic nitrogens is 1. The molecule has 1 aromatic heterocycles. The van der Waals surface area contributed by atoms with Gasteiger partial charge in [-0.15, -0.1) is 0 Å². The lowest BCUT2D eigenvalue weighted by molar-refractivity contribution is -0.136. The van der Waals surface area contributed by atoms with E-state index in [1.165, 1.54) is 6.07 Å². The summed E-state index contributed by atoms with van der Waals surface area (Å²) in [6.45, 7) is 2.93. The Morgan fingerprint density at radius 3 is 2.59 bits per heavy atom. The molecule has 0 saturated carbocycles. The number of carboxylic acids is 1. The Balaban J connectivity index is 1.49. The summed E-state index contributed by atoms with van der Waals surface area (Å²) in [7, 11) is 0. The van der Waals surface area contributed by atoms with Crippen LogP contribution >= 0.6 is 0 Å². The number of carboxylic acid groups (broad SMARTS) is 1. The molecule has 0 unspecified atom stereocenters. The van der Waals surface area contributed by atoms with E-state index in [-0.39, 0.29) is 35.2 Å². The van der Waals surface area contributed by atoms with Gasteiger partial charge in [-0.1, -0.05) is 24.3 Å². The second-order valence-electron chi connectivity index (χ2n) is 7.62. The number of rotatable bonds is 6. The highest BCUT2D eigenvalue weighted by atomic mass is 19.1. The van der Waals surface area contributed by atoms with Gasteiger partial charge >= 0.3 is 5.97 Å². The molecule has 3 aromatic rings. The number of fused-ring (bicyclic) bond motifs is 1. The molecule has 164 valence electrons. The number of ether oxygens (including phenoxy) is 1. The fourth-order valence-electron chi connectivity index (χ4n) is 3.65. The lowest BCUT2D eigenvalue weighted by atomic mass is 10.0. The Morgan fingerprint density at radius 2 is 1.84 bits per heavy atom. The van der Waals surface area contributed by atoms with Crippen LogP contribution < -0.4 is 4.74 Å². The zero-order valence-electron chi connectivity index (χ0n) is 17.3. The van der Waals surface area contributed by atoms with Gasteiger partial charge in [0.15, 0.2) is 0 Å². The van der Waals surface area contributed by atoms with Crippen LogP contribution in [0.5, 0.6) is 5.88 Å². The molecule has 0 aliphatic carbocycles. The maximum Gasteiger partial charge on any atom is 0.307 e. The molecule has 1 aliphatic heterocycles. The number of hydrogen-bond donors (Lipinski definition) is 1. The maximum absolute atomic E-state index is 14.5. The minimum absolute atomic E-state index is 0.0275. The molecule has 0 saturated heterocycles. The third-order valence-electron chi connectivity index (χ3n) is 5.30. The number of nitrogens with zero attached hydrogens (tertiary/aromatic N) is 2. The van der Waals surface area contributed by atoms with E-state index in [2.05, 4.69) is 4.98 Å². The first kappa shape index (κ1) is 21.4. The molecule has 4 rings (SSSR count). The molecule has 1 aliphatic rings. The highest BCUT2D eigenvalue weighted by molar-refractivity contribution is 5.74. The van der Waals surface area contributed by atoms with Crippen molar-refractivity contribution in [1.29, 1.82) is 0 Å². The SMILES string of the molecule is CC(=O)N1Cc2ccc(COc3cccc(-c4cc(F)c(CC(=O)O)cc4F)n3)cc2C1. The van der Waals surface area contributed by atoms with Crippen LogP contribution in [0.1, 0.15) is 29.2 Å². The van der Waals surface area contributed by atoms with E-state index in [1.807, 2.05) is 18.2 Å². The molecular weight excluding hydrogens is 418 g/mol. The summed E-state index contributed by atoms with van der Waals surface area (Å²) in [5.41, 5.74) is 2.94. The van der Waals surface area contributed by atoms with Gasteiger partial charge in [-0.3, -0.25) is 9.59 Å². The van der Waals surface area contributed by atoms with E-state index in [4.69, 9.17) is 9.84 Å². The molecule has 8 heteroatoms. The van der Waals surface area contributed by atoms with Gasteiger partial charge in [-0.05, 0) is 34.9 Å². The van der Waals surface area contributed by atoms with Crippen LogP contribution in [0.15, 0.2) is 48.5 Å². The molecule has 6 nitrogen and oxygen atoms in total. The summed E-state index contributed by atoms with van der Waals surface area (Å²) < 4.78 is 34.5. The Morgan fingerprint density at radius 1 is 1.06 bits per heavy atom. The number of carbonyl (C=O) groups excluding carboxylic acids is 1. The van der Waals surface area contributed by atoms with Crippen molar-refractivity contribution in [2.24, 2.45) is 0 Å². The van der Waals surface area contributed by atoms with Crippen LogP contribution in [0.4, 0.5) is 8.78 Å². The first-order chi connectivity index (χ1) is 15.3. The van der Waals surface area contributed by atoms with Crippen molar-refractivity contribution in [3.05, 3.63) is 82.4 Å². The predicted molar refractivity (Wildman–Crippen MR) is 112 cm³/mol. The predicted octanol–water partition coefficient (Wildman–Crippen LogP) is 4.10. The summed E-state index contributed by atoms with van der Waals surface area (Å²) >= 11 is 0. The molecule has 0 bridgehead atoms. The van der Waals surface area contributed by atoms with Gasteiger partial charge in [0.1, 0.15) is 18.2 Å². The molecular formula is C24H20F2N2O4. The van der Waals surface area contributed by atoms with Crippen molar-refractivity contribution >= 4 is 11.9 Å². The first-order valence-electron chi connectivity index (χ1n) is 9.96. The average Bonchev–Trinajstić information content (AvgIpc) is 3.18. The van der Waals surface area contributed by atoms with Crippen LogP contribution in [0.2, 0.25) is 0 Å². The summed E-state index contributed by atoms with van der Waals surface area (Å²) in [5.74, 6) is -2.55. The highest BCUT2D eigenvalue weighted by Gasteiger charge is 2.21. The number of hydrogen-bond acceptors (Lipinski definition) is 4. The topological polar surface area (TPSA) is 79.7 Å². The molecule has 1 amide bonds. The number of benzene rings is 2. The van der Waals surface area contributed by atoms with Crippen molar-refractivity contribution in [1.82, 2.24) is 9.88 Å². The smallest absolute Gasteiger partial charge is 0.307 e. The van der Waals surface area contributed by atoms with E-state index >= 15 is 0 Å². The Kier molecular flexibility index (Phi) is 5.85. The number of aliphatic carboxylic acids is 1. The van der Waals surface area contributed by atoms with Crippen LogP contribution in [0, 0.1) is 11.6 Å². The fourth-order valence-corrected chi connectivity index (χ4v) is 3.65.